The molecule has 4 rings (SSSR count). The summed E-state index contributed by atoms with van der Waals surface area (Å²) in [6.07, 6.45) is 14.7. The van der Waals surface area contributed by atoms with Gasteiger partial charge in [-0.3, -0.25) is 0 Å². The molecule has 0 aromatic heterocycles. The molecule has 0 atom stereocenters. The Hall–Kier alpha value is -1.44. The Morgan fingerprint density at radius 3 is 2.30 bits per heavy atom. The fraction of sp³-hybridized carbons (Fsp3) is 0.680. The van der Waals surface area contributed by atoms with E-state index in [1.165, 1.54) is 74.7 Å². The van der Waals surface area contributed by atoms with Crippen molar-refractivity contribution in [3.8, 4) is 0 Å². The SMILES string of the molecule is CC(C)(C)[C@H]1CC[C@H](NC2=Cc3ccccc3CN2C2CCCCC2)CC1. The summed E-state index contributed by atoms with van der Waals surface area (Å²) in [4.78, 5) is 2.71. The average molecular weight is 367 g/mol. The van der Waals surface area contributed by atoms with Gasteiger partial charge in [-0.15, -0.1) is 0 Å². The molecule has 2 saturated carbocycles. The van der Waals surface area contributed by atoms with E-state index in [2.05, 4.69) is 61.3 Å². The van der Waals surface area contributed by atoms with Gasteiger partial charge in [-0.1, -0.05) is 64.3 Å². The summed E-state index contributed by atoms with van der Waals surface area (Å²) < 4.78 is 0. The smallest absolute Gasteiger partial charge is 0.103 e. The number of nitrogens with one attached hydrogen (secondary N) is 1. The average Bonchev–Trinajstić information content (AvgIpc) is 2.68. The first-order valence-corrected chi connectivity index (χ1v) is 11.3. The zero-order chi connectivity index (χ0) is 18.9. The number of benzene rings is 1. The standard InChI is InChI=1S/C25H38N2/c1-25(2,3)21-13-15-22(16-14-21)26-24-17-19-9-7-8-10-20(19)18-27(24)23-11-5-4-6-12-23/h7-10,17,21-23,26H,4-6,11-16,18H2,1-3H3/t21-,22-. The van der Waals surface area contributed by atoms with E-state index in [1.54, 1.807) is 0 Å². The first-order chi connectivity index (χ1) is 13.0. The minimum atomic E-state index is 0.460. The maximum atomic E-state index is 4.01. The molecule has 1 N–H and O–H groups in total. The van der Waals surface area contributed by atoms with Crippen molar-refractivity contribution in [3.63, 3.8) is 0 Å². The van der Waals surface area contributed by atoms with Crippen LogP contribution < -0.4 is 5.32 Å². The number of nitrogens with zero attached hydrogens (tertiary/aromatic N) is 1. The summed E-state index contributed by atoms with van der Waals surface area (Å²) in [6.45, 7) is 8.32. The summed E-state index contributed by atoms with van der Waals surface area (Å²) in [7, 11) is 0. The summed E-state index contributed by atoms with van der Waals surface area (Å²) in [5.74, 6) is 2.28. The van der Waals surface area contributed by atoms with E-state index in [-0.39, 0.29) is 0 Å². The van der Waals surface area contributed by atoms with Crippen LogP contribution in [0.3, 0.4) is 0 Å². The first kappa shape index (κ1) is 18.9. The molecule has 1 aromatic rings. The number of fused-ring (bicyclic) bond motifs is 1. The molecular formula is C25H38N2. The first-order valence-electron chi connectivity index (χ1n) is 11.3. The lowest BCUT2D eigenvalue weighted by Gasteiger charge is -2.43. The van der Waals surface area contributed by atoms with Crippen LogP contribution in [-0.2, 0) is 6.54 Å². The van der Waals surface area contributed by atoms with Crippen molar-refractivity contribution in [3.05, 3.63) is 41.2 Å². The van der Waals surface area contributed by atoms with Crippen molar-refractivity contribution in [2.24, 2.45) is 11.3 Å². The number of hydrogen-bond acceptors (Lipinski definition) is 2. The van der Waals surface area contributed by atoms with Gasteiger partial charge in [-0.05, 0) is 67.1 Å². The van der Waals surface area contributed by atoms with Crippen molar-refractivity contribution >= 4 is 6.08 Å². The van der Waals surface area contributed by atoms with Crippen LogP contribution in [0.15, 0.2) is 30.1 Å². The van der Waals surface area contributed by atoms with E-state index < -0.39 is 0 Å². The van der Waals surface area contributed by atoms with E-state index in [1.807, 2.05) is 0 Å². The molecule has 1 heterocycles. The molecule has 1 aliphatic heterocycles. The van der Waals surface area contributed by atoms with Crippen molar-refractivity contribution < 1.29 is 0 Å². The van der Waals surface area contributed by atoms with Gasteiger partial charge >= 0.3 is 0 Å². The van der Waals surface area contributed by atoms with Crippen LogP contribution in [0.4, 0.5) is 0 Å². The Bertz CT molecular complexity index is 655. The Balaban J connectivity index is 1.49. The lowest BCUT2D eigenvalue weighted by molar-refractivity contribution is 0.144. The number of hydrogen-bond donors (Lipinski definition) is 1. The summed E-state index contributed by atoms with van der Waals surface area (Å²) in [5, 5.41) is 4.01. The van der Waals surface area contributed by atoms with Crippen LogP contribution in [0.5, 0.6) is 0 Å². The molecule has 2 nitrogen and oxygen atoms in total. The van der Waals surface area contributed by atoms with Gasteiger partial charge in [0, 0.05) is 18.6 Å². The van der Waals surface area contributed by atoms with E-state index in [4.69, 9.17) is 0 Å². The minimum Gasteiger partial charge on any atom is -0.369 e. The molecule has 0 amide bonds. The van der Waals surface area contributed by atoms with Gasteiger partial charge < -0.3 is 10.2 Å². The van der Waals surface area contributed by atoms with Crippen molar-refractivity contribution in [1.82, 2.24) is 10.2 Å². The van der Waals surface area contributed by atoms with Gasteiger partial charge in [-0.25, -0.2) is 0 Å². The van der Waals surface area contributed by atoms with Gasteiger partial charge in [0.15, 0.2) is 0 Å². The van der Waals surface area contributed by atoms with Gasteiger partial charge in [0.1, 0.15) is 5.82 Å². The maximum Gasteiger partial charge on any atom is 0.103 e. The second-order valence-electron chi connectivity index (χ2n) is 10.2. The van der Waals surface area contributed by atoms with Gasteiger partial charge in [0.2, 0.25) is 0 Å². The lowest BCUT2D eigenvalue weighted by Crippen LogP contribution is -2.45. The Morgan fingerprint density at radius 1 is 0.889 bits per heavy atom. The van der Waals surface area contributed by atoms with Gasteiger partial charge in [-0.2, -0.15) is 0 Å². The molecule has 0 spiro atoms. The van der Waals surface area contributed by atoms with Crippen LogP contribution in [-0.4, -0.2) is 17.0 Å². The van der Waals surface area contributed by atoms with Crippen LogP contribution in [0.1, 0.15) is 89.7 Å². The second-order valence-corrected chi connectivity index (χ2v) is 10.2. The zero-order valence-corrected chi connectivity index (χ0v) is 17.6. The quantitative estimate of drug-likeness (QED) is 0.672. The largest absolute Gasteiger partial charge is 0.369 e. The highest BCUT2D eigenvalue weighted by Gasteiger charge is 2.32. The molecule has 3 aliphatic rings. The Morgan fingerprint density at radius 2 is 1.59 bits per heavy atom. The Kier molecular flexibility index (Phi) is 5.53. The fourth-order valence-electron chi connectivity index (χ4n) is 5.47. The highest BCUT2D eigenvalue weighted by Crippen LogP contribution is 2.38. The molecule has 0 radical (unpaired) electrons. The molecule has 2 aliphatic carbocycles. The molecule has 2 heteroatoms. The van der Waals surface area contributed by atoms with Crippen molar-refractivity contribution in [1.29, 1.82) is 0 Å². The third-order valence-corrected chi connectivity index (χ3v) is 7.32. The van der Waals surface area contributed by atoms with E-state index in [0.717, 1.165) is 18.5 Å². The number of rotatable bonds is 3. The summed E-state index contributed by atoms with van der Waals surface area (Å²) >= 11 is 0. The third kappa shape index (κ3) is 4.36. The van der Waals surface area contributed by atoms with Crippen LogP contribution in [0.25, 0.3) is 6.08 Å². The van der Waals surface area contributed by atoms with Crippen LogP contribution in [0.2, 0.25) is 0 Å². The molecule has 0 unspecified atom stereocenters. The summed E-state index contributed by atoms with van der Waals surface area (Å²) in [6, 6.07) is 10.3. The van der Waals surface area contributed by atoms with Crippen LogP contribution >= 0.6 is 0 Å². The highest BCUT2D eigenvalue weighted by molar-refractivity contribution is 5.58. The van der Waals surface area contributed by atoms with Crippen molar-refractivity contribution in [2.45, 2.75) is 97.2 Å². The lowest BCUT2D eigenvalue weighted by atomic mass is 9.71. The van der Waals surface area contributed by atoms with Gasteiger partial charge in [0.25, 0.3) is 0 Å². The minimum absolute atomic E-state index is 0.460. The molecule has 0 bridgehead atoms. The van der Waals surface area contributed by atoms with Crippen LogP contribution in [0, 0.1) is 11.3 Å². The fourth-order valence-corrected chi connectivity index (χ4v) is 5.47. The predicted molar refractivity (Wildman–Crippen MR) is 115 cm³/mol. The third-order valence-electron chi connectivity index (χ3n) is 7.32. The van der Waals surface area contributed by atoms with Gasteiger partial charge in [0.05, 0.1) is 0 Å². The van der Waals surface area contributed by atoms with Crippen molar-refractivity contribution in [2.75, 3.05) is 0 Å². The highest BCUT2D eigenvalue weighted by atomic mass is 15.3. The van der Waals surface area contributed by atoms with E-state index in [9.17, 15) is 0 Å². The maximum absolute atomic E-state index is 4.01. The van der Waals surface area contributed by atoms with E-state index >= 15 is 0 Å². The summed E-state index contributed by atoms with van der Waals surface area (Å²) in [5.41, 5.74) is 3.36. The Labute approximate surface area is 166 Å². The second kappa shape index (κ2) is 7.89. The topological polar surface area (TPSA) is 15.3 Å². The predicted octanol–water partition coefficient (Wildman–Crippen LogP) is 6.33. The monoisotopic (exact) mass is 366 g/mol. The molecular weight excluding hydrogens is 328 g/mol. The molecule has 148 valence electrons. The molecule has 0 saturated heterocycles. The molecule has 1 aromatic carbocycles. The normalized spacial score (nSPS) is 27.1. The molecule has 2 fully saturated rings. The zero-order valence-electron chi connectivity index (χ0n) is 17.6. The van der Waals surface area contributed by atoms with E-state index in [0.29, 0.717) is 11.5 Å². The molecule has 27 heavy (non-hydrogen) atoms.